The Balaban J connectivity index is 1.69. The molecule has 1 N–H and O–H groups in total. The van der Waals surface area contributed by atoms with E-state index in [4.69, 9.17) is 4.74 Å². The minimum Gasteiger partial charge on any atom is -0.379 e. The Morgan fingerprint density at radius 1 is 1.25 bits per heavy atom. The number of halogens is 1. The third-order valence-electron chi connectivity index (χ3n) is 4.45. The van der Waals surface area contributed by atoms with Gasteiger partial charge in [-0.25, -0.2) is 13.4 Å². The van der Waals surface area contributed by atoms with Crippen molar-refractivity contribution in [1.29, 1.82) is 0 Å². The number of aromatic nitrogens is 1. The molecule has 24 heavy (non-hydrogen) atoms. The van der Waals surface area contributed by atoms with E-state index in [1.165, 1.54) is 0 Å². The smallest absolute Gasteiger partial charge is 0.229 e. The Labute approximate surface area is 151 Å². The highest BCUT2D eigenvalue weighted by Crippen LogP contribution is 2.30. The number of hydrogen-bond acceptors (Lipinski definition) is 6. The first-order chi connectivity index (χ1) is 11.4. The number of ether oxygens (including phenoxy) is 1. The van der Waals surface area contributed by atoms with E-state index in [0.29, 0.717) is 17.5 Å². The van der Waals surface area contributed by atoms with Crippen molar-refractivity contribution >= 4 is 37.5 Å². The van der Waals surface area contributed by atoms with Crippen LogP contribution in [-0.2, 0) is 14.8 Å². The first-order valence-electron chi connectivity index (χ1n) is 8.12. The highest BCUT2D eigenvalue weighted by molar-refractivity contribution is 9.10. The van der Waals surface area contributed by atoms with E-state index in [0.717, 1.165) is 63.0 Å². The lowest BCUT2D eigenvalue weighted by Crippen LogP contribution is -2.49. The predicted octanol–water partition coefficient (Wildman–Crippen LogP) is 1.52. The maximum Gasteiger partial charge on any atom is 0.229 e. The highest BCUT2D eigenvalue weighted by atomic mass is 79.9. The van der Waals surface area contributed by atoms with E-state index in [-0.39, 0.29) is 0 Å². The fourth-order valence-corrected chi connectivity index (χ4v) is 4.23. The van der Waals surface area contributed by atoms with Gasteiger partial charge in [-0.15, -0.1) is 0 Å². The van der Waals surface area contributed by atoms with Gasteiger partial charge in [-0.2, -0.15) is 0 Å². The van der Waals surface area contributed by atoms with Crippen LogP contribution in [0.1, 0.15) is 12.8 Å². The molecule has 0 atom stereocenters. The van der Waals surface area contributed by atoms with Crippen molar-refractivity contribution in [3.8, 4) is 0 Å². The van der Waals surface area contributed by atoms with Crippen LogP contribution in [0.15, 0.2) is 16.7 Å². The maximum absolute atomic E-state index is 11.6. The van der Waals surface area contributed by atoms with Crippen LogP contribution in [-0.4, -0.2) is 70.0 Å². The Morgan fingerprint density at radius 3 is 2.54 bits per heavy atom. The summed E-state index contributed by atoms with van der Waals surface area (Å²) in [5, 5.41) is 0. The second-order valence-corrected chi connectivity index (χ2v) is 8.93. The van der Waals surface area contributed by atoms with Gasteiger partial charge in [0.05, 0.1) is 25.2 Å². The number of nitrogens with zero attached hydrogens (tertiary/aromatic N) is 3. The fourth-order valence-electron chi connectivity index (χ4n) is 3.34. The number of sulfonamides is 1. The van der Waals surface area contributed by atoms with Crippen LogP contribution >= 0.6 is 15.9 Å². The van der Waals surface area contributed by atoms with Crippen molar-refractivity contribution in [3.63, 3.8) is 0 Å². The molecule has 2 aliphatic heterocycles. The zero-order chi connectivity index (χ0) is 17.2. The lowest BCUT2D eigenvalue weighted by Gasteiger charge is -2.40. The monoisotopic (exact) mass is 418 g/mol. The van der Waals surface area contributed by atoms with Gasteiger partial charge in [0.25, 0.3) is 0 Å². The number of anilines is 2. The number of morpholine rings is 1. The van der Waals surface area contributed by atoms with E-state index in [1.54, 1.807) is 12.3 Å². The Bertz CT molecular complexity index is 671. The number of nitrogens with one attached hydrogen (secondary N) is 1. The molecule has 2 aliphatic rings. The molecule has 0 saturated carbocycles. The van der Waals surface area contributed by atoms with Crippen molar-refractivity contribution in [1.82, 2.24) is 9.88 Å². The number of rotatable bonds is 4. The van der Waals surface area contributed by atoms with Gasteiger partial charge in [0, 0.05) is 42.9 Å². The van der Waals surface area contributed by atoms with Crippen molar-refractivity contribution in [2.75, 3.05) is 55.3 Å². The first kappa shape index (κ1) is 17.9. The topological polar surface area (TPSA) is 74.8 Å². The van der Waals surface area contributed by atoms with Gasteiger partial charge in [-0.05, 0) is 34.8 Å². The molecule has 1 aromatic rings. The normalized spacial score (nSPS) is 21.0. The van der Waals surface area contributed by atoms with Gasteiger partial charge in [-0.1, -0.05) is 0 Å². The molecule has 2 saturated heterocycles. The first-order valence-corrected chi connectivity index (χ1v) is 10.8. The highest BCUT2D eigenvalue weighted by Gasteiger charge is 2.27. The maximum atomic E-state index is 11.6. The summed E-state index contributed by atoms with van der Waals surface area (Å²) >= 11 is 3.36. The van der Waals surface area contributed by atoms with E-state index in [9.17, 15) is 8.42 Å². The van der Waals surface area contributed by atoms with Gasteiger partial charge in [0.15, 0.2) is 5.82 Å². The molecule has 7 nitrogen and oxygen atoms in total. The average Bonchev–Trinajstić information content (AvgIpc) is 2.55. The molecule has 134 valence electrons. The molecule has 0 spiro atoms. The summed E-state index contributed by atoms with van der Waals surface area (Å²) in [6.45, 7) is 5.38. The van der Waals surface area contributed by atoms with Crippen LogP contribution in [0.3, 0.4) is 0 Å². The van der Waals surface area contributed by atoms with Gasteiger partial charge in [0.1, 0.15) is 0 Å². The molecule has 0 unspecified atom stereocenters. The van der Waals surface area contributed by atoms with Crippen molar-refractivity contribution in [2.24, 2.45) is 0 Å². The minimum atomic E-state index is -3.34. The van der Waals surface area contributed by atoms with Crippen LogP contribution < -0.4 is 9.62 Å². The Hall–Kier alpha value is -0.900. The minimum absolute atomic E-state index is 0.525. The number of pyridine rings is 1. The molecule has 3 heterocycles. The largest absolute Gasteiger partial charge is 0.379 e. The Morgan fingerprint density at radius 2 is 1.92 bits per heavy atom. The van der Waals surface area contributed by atoms with Crippen molar-refractivity contribution in [3.05, 3.63) is 16.7 Å². The Kier molecular flexibility index (Phi) is 5.63. The van der Waals surface area contributed by atoms with Crippen molar-refractivity contribution in [2.45, 2.75) is 18.9 Å². The molecule has 0 aromatic carbocycles. The average molecular weight is 419 g/mol. The zero-order valence-electron chi connectivity index (χ0n) is 13.7. The summed E-state index contributed by atoms with van der Waals surface area (Å²) in [6, 6.07) is 2.34. The molecule has 2 fully saturated rings. The summed E-state index contributed by atoms with van der Waals surface area (Å²) in [6.07, 6.45) is 4.96. The van der Waals surface area contributed by atoms with E-state index < -0.39 is 10.0 Å². The van der Waals surface area contributed by atoms with Crippen LogP contribution in [0.5, 0.6) is 0 Å². The second-order valence-electron chi connectivity index (χ2n) is 6.27. The van der Waals surface area contributed by atoms with E-state index in [1.807, 2.05) is 0 Å². The molecule has 0 aliphatic carbocycles. The summed E-state index contributed by atoms with van der Waals surface area (Å²) in [7, 11) is -3.34. The van der Waals surface area contributed by atoms with Gasteiger partial charge in [-0.3, -0.25) is 9.62 Å². The molecule has 9 heteroatoms. The molecular weight excluding hydrogens is 396 g/mol. The van der Waals surface area contributed by atoms with Crippen LogP contribution in [0.25, 0.3) is 0 Å². The summed E-state index contributed by atoms with van der Waals surface area (Å²) in [5.41, 5.74) is 0.525. The van der Waals surface area contributed by atoms with Crippen LogP contribution in [0.4, 0.5) is 11.5 Å². The van der Waals surface area contributed by atoms with Crippen LogP contribution in [0, 0.1) is 0 Å². The molecule has 0 amide bonds. The predicted molar refractivity (Wildman–Crippen MR) is 98.0 cm³/mol. The molecule has 3 rings (SSSR count). The SMILES string of the molecule is CS(=O)(=O)Nc1cc(Br)cnc1N1CCC(N2CCOCC2)CC1. The number of piperidine rings is 1. The van der Waals surface area contributed by atoms with Gasteiger partial charge >= 0.3 is 0 Å². The van der Waals surface area contributed by atoms with Crippen molar-refractivity contribution < 1.29 is 13.2 Å². The fraction of sp³-hybridized carbons (Fsp3) is 0.667. The molecule has 1 aromatic heterocycles. The summed E-state index contributed by atoms with van der Waals surface area (Å²) in [4.78, 5) is 9.11. The van der Waals surface area contributed by atoms with E-state index >= 15 is 0 Å². The second kappa shape index (κ2) is 7.55. The van der Waals surface area contributed by atoms with Gasteiger partial charge in [0.2, 0.25) is 10.0 Å². The lowest BCUT2D eigenvalue weighted by atomic mass is 10.0. The summed E-state index contributed by atoms with van der Waals surface area (Å²) < 4.78 is 32.0. The number of hydrogen-bond donors (Lipinski definition) is 1. The standard InChI is InChI=1S/C15H23BrN4O3S/c1-24(21,22)18-14-10-12(16)11-17-15(14)20-4-2-13(3-5-20)19-6-8-23-9-7-19/h10-11,13,18H,2-9H2,1H3. The third-order valence-corrected chi connectivity index (χ3v) is 5.48. The summed E-state index contributed by atoms with van der Waals surface area (Å²) in [5.74, 6) is 0.698. The van der Waals surface area contributed by atoms with E-state index in [2.05, 4.69) is 35.4 Å². The molecular formula is C15H23BrN4O3S. The lowest BCUT2D eigenvalue weighted by molar-refractivity contribution is 0.0115. The molecule has 0 bridgehead atoms. The molecule has 0 radical (unpaired) electrons. The third kappa shape index (κ3) is 4.59. The van der Waals surface area contributed by atoms with Gasteiger partial charge < -0.3 is 9.64 Å². The quantitative estimate of drug-likeness (QED) is 0.798. The zero-order valence-corrected chi connectivity index (χ0v) is 16.1. The van der Waals surface area contributed by atoms with Crippen LogP contribution in [0.2, 0.25) is 0 Å².